The number of methoxy groups -OCH3 is 1. The molecule has 2 aromatic carbocycles. The van der Waals surface area contributed by atoms with Crippen molar-refractivity contribution in [2.75, 3.05) is 51.4 Å². The zero-order valence-corrected chi connectivity index (χ0v) is 18.9. The largest absolute Gasteiger partial charge is 0.497 e. The first-order valence-electron chi connectivity index (χ1n) is 9.92. The summed E-state index contributed by atoms with van der Waals surface area (Å²) in [6.07, 6.45) is 0.197. The molecule has 1 amide bonds. The molecule has 1 aliphatic rings. The van der Waals surface area contributed by atoms with Crippen LogP contribution in [0.2, 0.25) is 0 Å². The third kappa shape index (κ3) is 5.92. The molecule has 0 radical (unpaired) electrons. The lowest BCUT2D eigenvalue weighted by molar-refractivity contribution is -0.118. The maximum Gasteiger partial charge on any atom is 0.233 e. The lowest BCUT2D eigenvalue weighted by Crippen LogP contribution is -2.43. The van der Waals surface area contributed by atoms with Crippen molar-refractivity contribution >= 4 is 45.0 Å². The van der Waals surface area contributed by atoms with Gasteiger partial charge in [-0.3, -0.25) is 14.6 Å². The second-order valence-electron chi connectivity index (χ2n) is 7.13. The Morgan fingerprint density at radius 3 is 2.68 bits per heavy atom. The molecule has 6 nitrogen and oxygen atoms in total. The van der Waals surface area contributed by atoms with Gasteiger partial charge in [0.05, 0.1) is 37.0 Å². The molecular weight excluding hydrogens is 441 g/mol. The van der Waals surface area contributed by atoms with Crippen LogP contribution in [0.3, 0.4) is 0 Å². The molecule has 0 aliphatic carbocycles. The van der Waals surface area contributed by atoms with E-state index in [1.54, 1.807) is 24.1 Å². The number of aromatic nitrogens is 1. The van der Waals surface area contributed by atoms with E-state index in [-0.39, 0.29) is 30.6 Å². The van der Waals surface area contributed by atoms with Gasteiger partial charge in [0.15, 0.2) is 5.13 Å². The predicted molar refractivity (Wildman–Crippen MR) is 123 cm³/mol. The minimum absolute atomic E-state index is 0. The van der Waals surface area contributed by atoms with E-state index in [9.17, 15) is 9.18 Å². The standard InChI is InChI=1S/C22H24FN3O3S.ClH/c1-28-18-6-7-19-20(15-18)30-22(24-19)26(9-8-25-10-12-29-13-11-25)21(27)14-16-2-4-17(23)5-3-16;/h2-7,15H,8-14H2,1H3;1H. The molecule has 31 heavy (non-hydrogen) atoms. The summed E-state index contributed by atoms with van der Waals surface area (Å²) in [6, 6.07) is 11.8. The fraction of sp³-hybridized carbons (Fsp3) is 0.364. The van der Waals surface area contributed by atoms with Gasteiger partial charge in [-0.1, -0.05) is 23.5 Å². The molecule has 0 unspecified atom stereocenters. The fourth-order valence-corrected chi connectivity index (χ4v) is 4.44. The zero-order chi connectivity index (χ0) is 20.9. The van der Waals surface area contributed by atoms with E-state index in [0.717, 1.165) is 41.2 Å². The van der Waals surface area contributed by atoms with Gasteiger partial charge in [0.1, 0.15) is 11.6 Å². The van der Waals surface area contributed by atoms with Crippen LogP contribution in [0.15, 0.2) is 42.5 Å². The first-order valence-corrected chi connectivity index (χ1v) is 10.7. The van der Waals surface area contributed by atoms with Crippen molar-refractivity contribution in [2.24, 2.45) is 0 Å². The van der Waals surface area contributed by atoms with Crippen LogP contribution >= 0.6 is 23.7 Å². The predicted octanol–water partition coefficient (Wildman–Crippen LogP) is 3.77. The number of rotatable bonds is 7. The molecular formula is C22H25ClFN3O3S. The van der Waals surface area contributed by atoms with Gasteiger partial charge in [-0.25, -0.2) is 9.37 Å². The Kier molecular flexibility index (Phi) is 8.20. The molecule has 0 N–H and O–H groups in total. The molecule has 9 heteroatoms. The molecule has 0 spiro atoms. The van der Waals surface area contributed by atoms with E-state index in [0.29, 0.717) is 24.9 Å². The number of fused-ring (bicyclic) bond motifs is 1. The Labute approximate surface area is 191 Å². The molecule has 1 fully saturated rings. The Hall–Kier alpha value is -2.26. The van der Waals surface area contributed by atoms with E-state index in [1.807, 2.05) is 18.2 Å². The number of carbonyl (C=O) groups excluding carboxylic acids is 1. The van der Waals surface area contributed by atoms with E-state index in [2.05, 4.69) is 4.90 Å². The Morgan fingerprint density at radius 1 is 1.23 bits per heavy atom. The minimum Gasteiger partial charge on any atom is -0.497 e. The summed E-state index contributed by atoms with van der Waals surface area (Å²) < 4.78 is 24.9. The smallest absolute Gasteiger partial charge is 0.233 e. The second kappa shape index (κ2) is 10.9. The molecule has 166 valence electrons. The number of ether oxygens (including phenoxy) is 2. The number of morpholine rings is 1. The van der Waals surface area contributed by atoms with Gasteiger partial charge in [0.25, 0.3) is 0 Å². The number of hydrogen-bond donors (Lipinski definition) is 0. The molecule has 3 aromatic rings. The first-order chi connectivity index (χ1) is 14.6. The molecule has 1 saturated heterocycles. The summed E-state index contributed by atoms with van der Waals surface area (Å²) >= 11 is 1.47. The SMILES string of the molecule is COc1ccc2nc(N(CCN3CCOCC3)C(=O)Cc3ccc(F)cc3)sc2c1.Cl. The number of halogens is 2. The van der Waals surface area contributed by atoms with Gasteiger partial charge in [0, 0.05) is 26.2 Å². The molecule has 2 heterocycles. The molecule has 1 aromatic heterocycles. The first kappa shape index (κ1) is 23.4. The van der Waals surface area contributed by atoms with Gasteiger partial charge in [-0.05, 0) is 35.9 Å². The highest BCUT2D eigenvalue weighted by Gasteiger charge is 2.22. The maximum atomic E-state index is 13.2. The Bertz CT molecular complexity index is 1010. The van der Waals surface area contributed by atoms with Crippen molar-refractivity contribution in [3.63, 3.8) is 0 Å². The van der Waals surface area contributed by atoms with Gasteiger partial charge in [-0.15, -0.1) is 12.4 Å². The van der Waals surface area contributed by atoms with Gasteiger partial charge < -0.3 is 9.47 Å². The lowest BCUT2D eigenvalue weighted by atomic mass is 10.1. The van der Waals surface area contributed by atoms with Crippen LogP contribution < -0.4 is 9.64 Å². The maximum absolute atomic E-state index is 13.2. The number of thiazole rings is 1. The number of benzene rings is 2. The van der Waals surface area contributed by atoms with Gasteiger partial charge >= 0.3 is 0 Å². The average Bonchev–Trinajstić information content (AvgIpc) is 3.19. The summed E-state index contributed by atoms with van der Waals surface area (Å²) in [5.41, 5.74) is 1.61. The molecule has 0 atom stereocenters. The summed E-state index contributed by atoms with van der Waals surface area (Å²) in [4.78, 5) is 21.9. The Morgan fingerprint density at radius 2 is 1.97 bits per heavy atom. The van der Waals surface area contributed by atoms with Crippen LogP contribution in [0.25, 0.3) is 10.2 Å². The van der Waals surface area contributed by atoms with E-state index >= 15 is 0 Å². The van der Waals surface area contributed by atoms with E-state index < -0.39 is 0 Å². The third-order valence-corrected chi connectivity index (χ3v) is 6.17. The van der Waals surface area contributed by atoms with Gasteiger partial charge in [0.2, 0.25) is 5.91 Å². The Balaban J connectivity index is 0.00000272. The van der Waals surface area contributed by atoms with Crippen LogP contribution in [0.4, 0.5) is 9.52 Å². The highest BCUT2D eigenvalue weighted by molar-refractivity contribution is 7.22. The summed E-state index contributed by atoms with van der Waals surface area (Å²) in [7, 11) is 1.63. The average molecular weight is 466 g/mol. The second-order valence-corrected chi connectivity index (χ2v) is 8.14. The normalized spacial score (nSPS) is 14.3. The number of carbonyl (C=O) groups is 1. The molecule has 0 saturated carbocycles. The molecule has 0 bridgehead atoms. The van der Waals surface area contributed by atoms with Crippen LogP contribution in [0.5, 0.6) is 5.75 Å². The summed E-state index contributed by atoms with van der Waals surface area (Å²) in [5.74, 6) is 0.395. The highest BCUT2D eigenvalue weighted by atomic mass is 35.5. The van der Waals surface area contributed by atoms with Crippen molar-refractivity contribution in [1.82, 2.24) is 9.88 Å². The van der Waals surface area contributed by atoms with Crippen LogP contribution in [-0.2, 0) is 16.0 Å². The quantitative estimate of drug-likeness (QED) is 0.531. The highest BCUT2D eigenvalue weighted by Crippen LogP contribution is 2.31. The van der Waals surface area contributed by atoms with Gasteiger partial charge in [-0.2, -0.15) is 0 Å². The van der Waals surface area contributed by atoms with Crippen LogP contribution in [0.1, 0.15) is 5.56 Å². The van der Waals surface area contributed by atoms with Crippen molar-refractivity contribution in [3.05, 3.63) is 53.8 Å². The molecule has 1 aliphatic heterocycles. The van der Waals surface area contributed by atoms with Crippen molar-refractivity contribution < 1.29 is 18.7 Å². The third-order valence-electron chi connectivity index (χ3n) is 5.13. The monoisotopic (exact) mass is 465 g/mol. The number of nitrogens with zero attached hydrogens (tertiary/aromatic N) is 3. The topological polar surface area (TPSA) is 54.9 Å². The lowest BCUT2D eigenvalue weighted by Gasteiger charge is -2.29. The number of amides is 1. The van der Waals surface area contributed by atoms with E-state index in [1.165, 1.54) is 23.5 Å². The van der Waals surface area contributed by atoms with Crippen molar-refractivity contribution in [1.29, 1.82) is 0 Å². The number of anilines is 1. The summed E-state index contributed by atoms with van der Waals surface area (Å²) in [6.45, 7) is 4.43. The zero-order valence-electron chi connectivity index (χ0n) is 17.3. The molecule has 4 rings (SSSR count). The number of hydrogen-bond acceptors (Lipinski definition) is 6. The van der Waals surface area contributed by atoms with Crippen LogP contribution in [-0.4, -0.2) is 62.3 Å². The summed E-state index contributed by atoms with van der Waals surface area (Å²) in [5, 5.41) is 0.665. The van der Waals surface area contributed by atoms with Crippen molar-refractivity contribution in [3.8, 4) is 5.75 Å². The van der Waals surface area contributed by atoms with Crippen LogP contribution in [0, 0.1) is 5.82 Å². The minimum atomic E-state index is -0.310. The van der Waals surface area contributed by atoms with E-state index in [4.69, 9.17) is 14.5 Å². The van der Waals surface area contributed by atoms with Crippen molar-refractivity contribution in [2.45, 2.75) is 6.42 Å². The fourth-order valence-electron chi connectivity index (χ4n) is 3.40.